The molecule has 0 bridgehead atoms. The molecule has 2 aromatic rings. The molecular formula is C28H31F6N5O11. The minimum absolute atomic E-state index is 0.0152. The van der Waals surface area contributed by atoms with Gasteiger partial charge in [0.05, 0.1) is 5.56 Å². The molecule has 16 nitrogen and oxygen atoms in total. The van der Waals surface area contributed by atoms with Crippen molar-refractivity contribution >= 4 is 35.7 Å². The second-order valence-corrected chi connectivity index (χ2v) is 9.56. The Bertz CT molecular complexity index is 1470. The van der Waals surface area contributed by atoms with Crippen molar-refractivity contribution in [3.63, 3.8) is 0 Å². The van der Waals surface area contributed by atoms with Gasteiger partial charge in [-0.2, -0.15) is 26.3 Å². The number of esters is 1. The third-order valence-electron chi connectivity index (χ3n) is 5.84. The molecule has 1 heterocycles. The maximum atomic E-state index is 12.4. The number of nitrogens with zero attached hydrogens (tertiary/aromatic N) is 1. The smallest absolute Gasteiger partial charge is 0.490 e. The summed E-state index contributed by atoms with van der Waals surface area (Å²) < 4.78 is 85.4. The first-order chi connectivity index (χ1) is 23.1. The van der Waals surface area contributed by atoms with Crippen LogP contribution >= 0.6 is 0 Å². The van der Waals surface area contributed by atoms with Crippen LogP contribution in [-0.2, 0) is 19.1 Å². The molecule has 0 radical (unpaired) electrons. The molecule has 3 rings (SSSR count). The minimum atomic E-state index is -5.08. The van der Waals surface area contributed by atoms with E-state index in [1.54, 1.807) is 29.2 Å². The molecule has 276 valence electrons. The van der Waals surface area contributed by atoms with E-state index < -0.39 is 42.8 Å². The van der Waals surface area contributed by atoms with Gasteiger partial charge in [0.25, 0.3) is 0 Å². The molecule has 2 aromatic carbocycles. The van der Waals surface area contributed by atoms with E-state index in [4.69, 9.17) is 66.1 Å². The molecule has 50 heavy (non-hydrogen) atoms. The Hall–Kier alpha value is -5.96. The van der Waals surface area contributed by atoms with E-state index in [1.165, 1.54) is 18.2 Å². The predicted octanol–water partition coefficient (Wildman–Crippen LogP) is 2.67. The summed E-state index contributed by atoms with van der Waals surface area (Å²) in [5.41, 5.74) is 11.7. The number of likely N-dealkylation sites (tertiary alicyclic amines) is 1. The number of halogens is 6. The number of aliphatic carboxylic acids is 3. The van der Waals surface area contributed by atoms with Gasteiger partial charge in [-0.05, 0) is 42.5 Å². The number of guanidine groups is 1. The summed E-state index contributed by atoms with van der Waals surface area (Å²) in [6, 6.07) is 11.0. The van der Waals surface area contributed by atoms with Crippen molar-refractivity contribution in [2.75, 3.05) is 32.9 Å². The standard InChI is InChI=1S/C24H29N5O7.2C2HF3O2/c25-22(26)16-3-6-19(35-14-21(30)31)20(13-16)33-11-12-34-23(32)15-1-4-17(5-2-15)36-18-7-9-29(10-8-18)24(27)28;2*3-2(4,5)1(6)7/h1-6,13,18H,7-12,14H2,(H3,25,26)(H3,27,28)(H,30,31);2*(H,6,7). The Morgan fingerprint density at radius 2 is 1.28 bits per heavy atom. The van der Waals surface area contributed by atoms with Gasteiger partial charge in [0.2, 0.25) is 0 Å². The normalized spacial score (nSPS) is 12.9. The highest BCUT2D eigenvalue weighted by Crippen LogP contribution is 2.28. The van der Waals surface area contributed by atoms with Crippen molar-refractivity contribution in [1.82, 2.24) is 4.90 Å². The lowest BCUT2D eigenvalue weighted by molar-refractivity contribution is -0.193. The van der Waals surface area contributed by atoms with E-state index >= 15 is 0 Å². The van der Waals surface area contributed by atoms with Crippen LogP contribution in [-0.4, -0.2) is 107 Å². The van der Waals surface area contributed by atoms with Crippen LogP contribution in [0.2, 0.25) is 0 Å². The van der Waals surface area contributed by atoms with E-state index in [9.17, 15) is 35.9 Å². The van der Waals surface area contributed by atoms with Gasteiger partial charge in [-0.1, -0.05) is 0 Å². The highest BCUT2D eigenvalue weighted by Gasteiger charge is 2.38. The summed E-state index contributed by atoms with van der Waals surface area (Å²) in [7, 11) is 0. The SMILES string of the molecule is N=C(N)c1ccc(OCC(=O)O)c(OCCOC(=O)c2ccc(OC3CCN(C(=N)N)CC3)cc2)c1.O=C(O)C(F)(F)F.O=C(O)C(F)(F)F. The van der Waals surface area contributed by atoms with Gasteiger partial charge in [0.1, 0.15) is 30.9 Å². The average Bonchev–Trinajstić information content (AvgIpc) is 3.02. The largest absolute Gasteiger partial charge is 0.490 e. The van der Waals surface area contributed by atoms with Gasteiger partial charge < -0.3 is 50.6 Å². The number of carboxylic acids is 3. The second kappa shape index (κ2) is 19.1. The fourth-order valence-electron chi connectivity index (χ4n) is 3.49. The number of ether oxygens (including phenoxy) is 4. The molecule has 0 amide bonds. The molecule has 0 aromatic heterocycles. The van der Waals surface area contributed by atoms with Gasteiger partial charge in [-0.15, -0.1) is 0 Å². The Morgan fingerprint density at radius 3 is 1.72 bits per heavy atom. The van der Waals surface area contributed by atoms with E-state index in [0.717, 1.165) is 12.8 Å². The van der Waals surface area contributed by atoms with Crippen LogP contribution in [0.4, 0.5) is 26.3 Å². The number of hydrogen-bond acceptors (Lipinski definition) is 10. The quantitative estimate of drug-likeness (QED) is 0.0577. The first-order valence-corrected chi connectivity index (χ1v) is 13.7. The van der Waals surface area contributed by atoms with Crippen molar-refractivity contribution < 1.29 is 79.8 Å². The summed E-state index contributed by atoms with van der Waals surface area (Å²) in [4.78, 5) is 42.7. The molecule has 1 aliphatic rings. The van der Waals surface area contributed by atoms with Gasteiger partial charge in [-0.25, -0.2) is 19.2 Å². The molecule has 9 N–H and O–H groups in total. The van der Waals surface area contributed by atoms with E-state index in [2.05, 4.69) is 0 Å². The predicted molar refractivity (Wildman–Crippen MR) is 157 cm³/mol. The van der Waals surface area contributed by atoms with Crippen LogP contribution in [0.5, 0.6) is 17.2 Å². The maximum Gasteiger partial charge on any atom is 0.490 e. The minimum Gasteiger partial charge on any atom is -0.490 e. The molecule has 0 aliphatic carbocycles. The van der Waals surface area contributed by atoms with Crippen LogP contribution in [0.3, 0.4) is 0 Å². The lowest BCUT2D eigenvalue weighted by Gasteiger charge is -2.32. The number of rotatable bonds is 11. The van der Waals surface area contributed by atoms with Crippen LogP contribution in [0, 0.1) is 10.8 Å². The molecule has 0 saturated carbocycles. The fourth-order valence-corrected chi connectivity index (χ4v) is 3.49. The van der Waals surface area contributed by atoms with Crippen LogP contribution < -0.4 is 25.7 Å². The zero-order valence-electron chi connectivity index (χ0n) is 25.5. The number of nitrogens with two attached hydrogens (primary N) is 2. The maximum absolute atomic E-state index is 12.4. The number of benzene rings is 2. The monoisotopic (exact) mass is 727 g/mol. The third-order valence-corrected chi connectivity index (χ3v) is 5.84. The lowest BCUT2D eigenvalue weighted by atomic mass is 10.1. The Balaban J connectivity index is 0.000000748. The summed E-state index contributed by atoms with van der Waals surface area (Å²) >= 11 is 0. The number of hydrogen-bond donors (Lipinski definition) is 7. The summed E-state index contributed by atoms with van der Waals surface area (Å²) in [5.74, 6) is -6.36. The second-order valence-electron chi connectivity index (χ2n) is 9.56. The number of nitrogen functional groups attached to an aromatic ring is 1. The Morgan fingerprint density at radius 1 is 0.780 bits per heavy atom. The highest BCUT2D eigenvalue weighted by atomic mass is 19.4. The fraction of sp³-hybridized carbons (Fsp3) is 0.357. The summed E-state index contributed by atoms with van der Waals surface area (Å²) in [6.07, 6.45) is -8.65. The molecule has 0 spiro atoms. The number of amidine groups is 1. The highest BCUT2D eigenvalue weighted by molar-refractivity contribution is 5.95. The zero-order chi connectivity index (χ0) is 38.2. The van der Waals surface area contributed by atoms with E-state index in [-0.39, 0.29) is 42.6 Å². The van der Waals surface area contributed by atoms with Gasteiger partial charge >= 0.3 is 36.2 Å². The van der Waals surface area contributed by atoms with Crippen LogP contribution in [0.15, 0.2) is 42.5 Å². The van der Waals surface area contributed by atoms with Crippen molar-refractivity contribution in [3.8, 4) is 17.2 Å². The van der Waals surface area contributed by atoms with Crippen molar-refractivity contribution in [3.05, 3.63) is 53.6 Å². The zero-order valence-corrected chi connectivity index (χ0v) is 25.5. The van der Waals surface area contributed by atoms with Gasteiger partial charge in [-0.3, -0.25) is 10.8 Å². The summed E-state index contributed by atoms with van der Waals surface area (Å²) in [5, 5.41) is 38.1. The number of carbonyl (C=O) groups excluding carboxylic acids is 1. The Kier molecular flexibility index (Phi) is 16.1. The van der Waals surface area contributed by atoms with Crippen molar-refractivity contribution in [1.29, 1.82) is 10.8 Å². The van der Waals surface area contributed by atoms with Crippen molar-refractivity contribution in [2.24, 2.45) is 11.5 Å². The lowest BCUT2D eigenvalue weighted by Crippen LogP contribution is -2.44. The number of piperidine rings is 1. The van der Waals surface area contributed by atoms with Gasteiger partial charge in [0, 0.05) is 31.5 Å². The molecule has 1 saturated heterocycles. The van der Waals surface area contributed by atoms with E-state index in [1.807, 2.05) is 0 Å². The average molecular weight is 728 g/mol. The first kappa shape index (κ1) is 42.1. The first-order valence-electron chi connectivity index (χ1n) is 13.7. The number of carbonyl (C=O) groups is 4. The third kappa shape index (κ3) is 15.8. The molecule has 1 fully saturated rings. The van der Waals surface area contributed by atoms with Gasteiger partial charge in [0.15, 0.2) is 24.1 Å². The van der Waals surface area contributed by atoms with Crippen LogP contribution in [0.25, 0.3) is 0 Å². The molecule has 1 aliphatic heterocycles. The number of nitrogens with one attached hydrogen (secondary N) is 2. The molecule has 22 heteroatoms. The van der Waals surface area contributed by atoms with E-state index in [0.29, 0.717) is 30.0 Å². The molecule has 0 atom stereocenters. The molecular weight excluding hydrogens is 696 g/mol. The van der Waals surface area contributed by atoms with Crippen molar-refractivity contribution in [2.45, 2.75) is 31.3 Å². The number of carboxylic acid groups (broad SMARTS) is 3. The number of alkyl halides is 6. The molecule has 0 unspecified atom stereocenters. The summed E-state index contributed by atoms with van der Waals surface area (Å²) in [6.45, 7) is 0.657. The topological polar surface area (TPSA) is 269 Å². The Labute approximate surface area is 278 Å². The van der Waals surface area contributed by atoms with Crippen LogP contribution in [0.1, 0.15) is 28.8 Å².